The predicted molar refractivity (Wildman–Crippen MR) is 141 cm³/mol. The average molecular weight is 541 g/mol. The molecule has 1 aliphatic heterocycles. The van der Waals surface area contributed by atoms with Crippen LogP contribution in [0.3, 0.4) is 0 Å². The molecule has 4 rings (SSSR count). The van der Waals surface area contributed by atoms with Gasteiger partial charge in [0.25, 0.3) is 5.89 Å². The van der Waals surface area contributed by atoms with Crippen LogP contribution in [-0.4, -0.2) is 65.8 Å². The van der Waals surface area contributed by atoms with Crippen LogP contribution in [0.15, 0.2) is 53.1 Å². The van der Waals surface area contributed by atoms with Crippen molar-refractivity contribution in [3.8, 4) is 0 Å². The van der Waals surface area contributed by atoms with Crippen molar-refractivity contribution in [2.75, 3.05) is 18.8 Å². The molecule has 1 saturated heterocycles. The Morgan fingerprint density at radius 2 is 1.79 bits per heavy atom. The van der Waals surface area contributed by atoms with Gasteiger partial charge >= 0.3 is 0 Å². The first-order valence-electron chi connectivity index (χ1n) is 12.8. The molecule has 1 fully saturated rings. The normalized spacial score (nSPS) is 15.7. The van der Waals surface area contributed by atoms with Crippen LogP contribution < -0.4 is 5.32 Å². The van der Waals surface area contributed by atoms with Gasteiger partial charge in [-0.2, -0.15) is 4.98 Å². The topological polar surface area (TPSA) is 140 Å². The second kappa shape index (κ2) is 12.3. The molecule has 0 aliphatic carbocycles. The Morgan fingerprint density at radius 1 is 1.05 bits per heavy atom. The summed E-state index contributed by atoms with van der Waals surface area (Å²) >= 11 is 0. The van der Waals surface area contributed by atoms with Crippen LogP contribution in [0.5, 0.6) is 0 Å². The van der Waals surface area contributed by atoms with Gasteiger partial charge in [-0.15, -0.1) is 0 Å². The van der Waals surface area contributed by atoms with Crippen molar-refractivity contribution in [1.29, 1.82) is 0 Å². The number of piperidine rings is 1. The van der Waals surface area contributed by atoms with E-state index in [0.717, 1.165) is 19.3 Å². The monoisotopic (exact) mass is 540 g/mol. The highest BCUT2D eigenvalue weighted by molar-refractivity contribution is 7.90. The number of hydrogen-bond acceptors (Lipinski definition) is 8. The molecule has 0 saturated carbocycles. The fraction of sp³-hybridized carbons (Fsp3) is 0.444. The van der Waals surface area contributed by atoms with E-state index in [4.69, 9.17) is 4.42 Å². The number of ketones is 1. The van der Waals surface area contributed by atoms with Crippen molar-refractivity contribution in [1.82, 2.24) is 20.2 Å². The van der Waals surface area contributed by atoms with Gasteiger partial charge in [-0.25, -0.2) is 13.4 Å². The van der Waals surface area contributed by atoms with Gasteiger partial charge in [0, 0.05) is 25.7 Å². The van der Waals surface area contributed by atoms with Crippen LogP contribution in [0.4, 0.5) is 0 Å². The zero-order valence-corrected chi connectivity index (χ0v) is 22.2. The van der Waals surface area contributed by atoms with Crippen LogP contribution in [0.1, 0.15) is 55.3 Å². The molecule has 0 spiro atoms. The highest BCUT2D eigenvalue weighted by Crippen LogP contribution is 2.19. The summed E-state index contributed by atoms with van der Waals surface area (Å²) in [5.74, 6) is -3.57. The summed E-state index contributed by atoms with van der Waals surface area (Å²) in [7, 11) is -3.74. The van der Waals surface area contributed by atoms with Crippen molar-refractivity contribution >= 4 is 38.7 Å². The quantitative estimate of drug-likeness (QED) is 0.366. The zero-order chi connectivity index (χ0) is 27.1. The highest BCUT2D eigenvalue weighted by Gasteiger charge is 2.33. The minimum absolute atomic E-state index is 0.191. The van der Waals surface area contributed by atoms with E-state index in [2.05, 4.69) is 15.3 Å². The highest BCUT2D eigenvalue weighted by atomic mass is 32.2. The Morgan fingerprint density at radius 3 is 2.47 bits per heavy atom. The number of nitrogens with one attached hydrogen (secondary N) is 1. The standard InChI is InChI=1S/C27H32N4O6S/c1-2-21(24(33)27-30-25-22(37-27)12-9-13-28-25)29-26(34)20(16-23(32)31-14-7-4-8-15-31)18-38(35,36)17-19-10-5-3-6-11-19/h3,5-6,9-13,20-21H,2,4,7-8,14-18H2,1H3,(H,29,34). The zero-order valence-electron chi connectivity index (χ0n) is 21.3. The Bertz CT molecular complexity index is 1350. The summed E-state index contributed by atoms with van der Waals surface area (Å²) in [5, 5.41) is 2.66. The van der Waals surface area contributed by atoms with Crippen LogP contribution >= 0.6 is 0 Å². The number of hydrogen-bond donors (Lipinski definition) is 1. The third-order valence-corrected chi connectivity index (χ3v) is 8.29. The second-order valence-corrected chi connectivity index (χ2v) is 11.7. The molecular weight excluding hydrogens is 508 g/mol. The minimum atomic E-state index is -3.74. The second-order valence-electron chi connectivity index (χ2n) is 9.56. The van der Waals surface area contributed by atoms with Crippen molar-refractivity contribution in [3.05, 3.63) is 60.1 Å². The summed E-state index contributed by atoms with van der Waals surface area (Å²) in [6, 6.07) is 11.0. The number of nitrogens with zero attached hydrogens (tertiary/aromatic N) is 3. The number of Topliss-reactive ketones (excluding diaryl/α,β-unsaturated/α-hetero) is 1. The predicted octanol–water partition coefficient (Wildman–Crippen LogP) is 2.93. The molecule has 11 heteroatoms. The van der Waals surface area contributed by atoms with Gasteiger partial charge in [0.05, 0.1) is 23.5 Å². The van der Waals surface area contributed by atoms with E-state index in [1.807, 2.05) is 0 Å². The third kappa shape index (κ3) is 7.03. The maximum atomic E-state index is 13.4. The van der Waals surface area contributed by atoms with Gasteiger partial charge in [-0.3, -0.25) is 14.4 Å². The maximum absolute atomic E-state index is 13.4. The van der Waals surface area contributed by atoms with E-state index >= 15 is 0 Å². The van der Waals surface area contributed by atoms with E-state index in [-0.39, 0.29) is 36.0 Å². The third-order valence-electron chi connectivity index (χ3n) is 6.60. The average Bonchev–Trinajstić information content (AvgIpc) is 3.36. The molecular formula is C27H32N4O6S. The van der Waals surface area contributed by atoms with E-state index in [9.17, 15) is 22.8 Å². The van der Waals surface area contributed by atoms with Crippen molar-refractivity contribution in [2.24, 2.45) is 5.92 Å². The number of fused-ring (bicyclic) bond motifs is 1. The molecule has 3 heterocycles. The molecule has 0 bridgehead atoms. The largest absolute Gasteiger partial charge is 0.432 e. The lowest BCUT2D eigenvalue weighted by Gasteiger charge is -2.28. The first-order valence-corrected chi connectivity index (χ1v) is 14.7. The lowest BCUT2D eigenvalue weighted by Crippen LogP contribution is -2.47. The molecule has 2 atom stereocenters. The van der Waals surface area contributed by atoms with Crippen LogP contribution in [0.2, 0.25) is 0 Å². The number of oxazole rings is 1. The SMILES string of the molecule is CCC(NC(=O)C(CC(=O)N1CCCCC1)CS(=O)(=O)Cc1ccccc1)C(=O)c1nc2ncccc2o1. The minimum Gasteiger partial charge on any atom is -0.432 e. The van der Waals surface area contributed by atoms with E-state index in [1.165, 1.54) is 6.20 Å². The number of carbonyl (C=O) groups excluding carboxylic acids is 3. The van der Waals surface area contributed by atoms with Gasteiger partial charge in [0.1, 0.15) is 0 Å². The van der Waals surface area contributed by atoms with Gasteiger partial charge in [0.15, 0.2) is 21.1 Å². The number of carbonyl (C=O) groups is 3. The van der Waals surface area contributed by atoms with E-state index in [1.54, 1.807) is 54.3 Å². The summed E-state index contributed by atoms with van der Waals surface area (Å²) in [6.07, 6.45) is 4.28. The number of likely N-dealkylation sites (tertiary alicyclic amines) is 1. The Kier molecular flexibility index (Phi) is 8.88. The van der Waals surface area contributed by atoms with E-state index in [0.29, 0.717) is 24.2 Å². The molecule has 38 heavy (non-hydrogen) atoms. The first-order chi connectivity index (χ1) is 18.3. The molecule has 1 aromatic carbocycles. The number of aromatic nitrogens is 2. The fourth-order valence-electron chi connectivity index (χ4n) is 4.57. The van der Waals surface area contributed by atoms with Crippen molar-refractivity contribution in [3.63, 3.8) is 0 Å². The summed E-state index contributed by atoms with van der Waals surface area (Å²) in [6.45, 7) is 2.89. The number of sulfone groups is 1. The van der Waals surface area contributed by atoms with Crippen LogP contribution in [0.25, 0.3) is 11.2 Å². The van der Waals surface area contributed by atoms with Gasteiger partial charge in [0.2, 0.25) is 17.6 Å². The summed E-state index contributed by atoms with van der Waals surface area (Å²) in [4.78, 5) is 49.4. The first kappa shape index (κ1) is 27.4. The Hall–Kier alpha value is -3.60. The number of pyridine rings is 1. The number of amides is 2. The van der Waals surface area contributed by atoms with Crippen molar-refractivity contribution in [2.45, 2.75) is 50.8 Å². The lowest BCUT2D eigenvalue weighted by atomic mass is 10.0. The Labute approximate surface area is 221 Å². The molecule has 1 N–H and O–H groups in total. The Balaban J connectivity index is 1.51. The number of benzene rings is 1. The van der Waals surface area contributed by atoms with Gasteiger partial charge in [-0.05, 0) is 43.4 Å². The molecule has 3 aromatic rings. The van der Waals surface area contributed by atoms with Crippen molar-refractivity contribution < 1.29 is 27.2 Å². The maximum Gasteiger partial charge on any atom is 0.268 e. The molecule has 202 valence electrons. The van der Waals surface area contributed by atoms with Crippen LogP contribution in [0, 0.1) is 5.92 Å². The molecule has 2 amide bonds. The summed E-state index contributed by atoms with van der Waals surface area (Å²) in [5.41, 5.74) is 1.21. The molecule has 2 aromatic heterocycles. The molecule has 2 unspecified atom stereocenters. The molecule has 10 nitrogen and oxygen atoms in total. The molecule has 1 aliphatic rings. The summed E-state index contributed by atoms with van der Waals surface area (Å²) < 4.78 is 31.7. The van der Waals surface area contributed by atoms with Crippen LogP contribution in [-0.2, 0) is 25.2 Å². The lowest BCUT2D eigenvalue weighted by molar-refractivity contribution is -0.136. The smallest absolute Gasteiger partial charge is 0.268 e. The van der Waals surface area contributed by atoms with Gasteiger partial charge in [-0.1, -0.05) is 37.3 Å². The molecule has 0 radical (unpaired) electrons. The number of rotatable bonds is 11. The fourth-order valence-corrected chi connectivity index (χ4v) is 6.27. The van der Waals surface area contributed by atoms with Gasteiger partial charge < -0.3 is 14.6 Å². The van der Waals surface area contributed by atoms with E-state index < -0.39 is 39.2 Å².